The second kappa shape index (κ2) is 6.06. The van der Waals surface area contributed by atoms with Crippen molar-refractivity contribution in [2.75, 3.05) is 20.2 Å². The van der Waals surface area contributed by atoms with Crippen LogP contribution >= 0.6 is 0 Å². The summed E-state index contributed by atoms with van der Waals surface area (Å²) in [5, 5.41) is 0. The van der Waals surface area contributed by atoms with E-state index in [9.17, 15) is 4.79 Å². The van der Waals surface area contributed by atoms with Gasteiger partial charge in [-0.1, -0.05) is 31.2 Å². The Morgan fingerprint density at radius 1 is 1.37 bits per heavy atom. The summed E-state index contributed by atoms with van der Waals surface area (Å²) in [6.45, 7) is 3.41. The predicted octanol–water partition coefficient (Wildman–Crippen LogP) is 2.13. The van der Waals surface area contributed by atoms with E-state index in [4.69, 9.17) is 10.5 Å². The van der Waals surface area contributed by atoms with Gasteiger partial charge in [0.2, 0.25) is 0 Å². The topological polar surface area (TPSA) is 55.6 Å². The van der Waals surface area contributed by atoms with Gasteiger partial charge >= 0.3 is 6.09 Å². The third kappa shape index (κ3) is 3.26. The lowest BCUT2D eigenvalue weighted by Gasteiger charge is -2.35. The molecule has 0 saturated carbocycles. The van der Waals surface area contributed by atoms with Crippen LogP contribution in [-0.2, 0) is 11.2 Å². The minimum Gasteiger partial charge on any atom is -0.453 e. The van der Waals surface area contributed by atoms with Crippen LogP contribution in [0.3, 0.4) is 0 Å². The number of nitrogens with two attached hydrogens (primary N) is 1. The number of amides is 1. The van der Waals surface area contributed by atoms with Crippen LogP contribution in [-0.4, -0.2) is 37.2 Å². The molecule has 2 unspecified atom stereocenters. The van der Waals surface area contributed by atoms with Gasteiger partial charge in [-0.15, -0.1) is 0 Å². The fourth-order valence-corrected chi connectivity index (χ4v) is 2.68. The van der Waals surface area contributed by atoms with E-state index in [2.05, 4.69) is 31.2 Å². The predicted molar refractivity (Wildman–Crippen MR) is 75.1 cm³/mol. The van der Waals surface area contributed by atoms with E-state index in [1.54, 1.807) is 4.90 Å². The first-order valence-electron chi connectivity index (χ1n) is 6.81. The van der Waals surface area contributed by atoms with Gasteiger partial charge in [-0.05, 0) is 24.0 Å². The highest BCUT2D eigenvalue weighted by Crippen LogP contribution is 2.27. The summed E-state index contributed by atoms with van der Waals surface area (Å²) in [6.07, 6.45) is 1.67. The van der Waals surface area contributed by atoms with Crippen molar-refractivity contribution in [3.63, 3.8) is 0 Å². The zero-order valence-corrected chi connectivity index (χ0v) is 11.6. The van der Waals surface area contributed by atoms with Crippen LogP contribution in [0.4, 0.5) is 4.79 Å². The molecule has 1 aromatic rings. The van der Waals surface area contributed by atoms with Gasteiger partial charge in [0.1, 0.15) is 0 Å². The molecule has 1 aliphatic rings. The van der Waals surface area contributed by atoms with E-state index < -0.39 is 0 Å². The molecule has 0 aliphatic carbocycles. The van der Waals surface area contributed by atoms with Crippen LogP contribution < -0.4 is 5.73 Å². The molecule has 1 saturated heterocycles. The third-order valence-electron chi connectivity index (χ3n) is 3.78. The number of benzene rings is 1. The summed E-state index contributed by atoms with van der Waals surface area (Å²) in [5.41, 5.74) is 8.63. The van der Waals surface area contributed by atoms with Gasteiger partial charge in [-0.25, -0.2) is 4.79 Å². The van der Waals surface area contributed by atoms with Crippen molar-refractivity contribution in [3.8, 4) is 0 Å². The van der Waals surface area contributed by atoms with Gasteiger partial charge in [0.15, 0.2) is 0 Å². The molecule has 4 nitrogen and oxygen atoms in total. The van der Waals surface area contributed by atoms with Gasteiger partial charge in [-0.3, -0.25) is 0 Å². The number of likely N-dealkylation sites (tertiary alicyclic amines) is 1. The lowest BCUT2D eigenvalue weighted by Crippen LogP contribution is -2.48. The van der Waals surface area contributed by atoms with Crippen LogP contribution in [0.1, 0.15) is 30.4 Å². The molecule has 1 heterocycles. The minimum absolute atomic E-state index is 0.0173. The summed E-state index contributed by atoms with van der Waals surface area (Å²) in [4.78, 5) is 13.3. The molecule has 19 heavy (non-hydrogen) atoms. The molecule has 1 fully saturated rings. The molecular formula is C15H22N2O2. The van der Waals surface area contributed by atoms with Crippen molar-refractivity contribution in [1.29, 1.82) is 0 Å². The van der Waals surface area contributed by atoms with E-state index in [-0.39, 0.29) is 12.1 Å². The highest BCUT2D eigenvalue weighted by atomic mass is 16.5. The Balaban J connectivity index is 2.11. The first-order chi connectivity index (χ1) is 9.13. The number of carbonyl (C=O) groups excluding carboxylic acids is 1. The Bertz CT molecular complexity index is 430. The molecule has 2 N–H and O–H groups in total. The Kier molecular flexibility index (Phi) is 4.43. The number of hydrogen-bond donors (Lipinski definition) is 1. The number of carbonyl (C=O) groups is 1. The zero-order valence-electron chi connectivity index (χ0n) is 11.6. The summed E-state index contributed by atoms with van der Waals surface area (Å²) in [7, 11) is 1.41. The van der Waals surface area contributed by atoms with Crippen molar-refractivity contribution in [3.05, 3.63) is 35.4 Å². The summed E-state index contributed by atoms with van der Waals surface area (Å²) >= 11 is 0. The maximum Gasteiger partial charge on any atom is 0.409 e. The first-order valence-corrected chi connectivity index (χ1v) is 6.81. The number of rotatable bonds is 2. The first kappa shape index (κ1) is 13.9. The normalized spacial score (nSPS) is 23.2. The average Bonchev–Trinajstić information content (AvgIpc) is 2.45. The molecule has 1 aromatic carbocycles. The van der Waals surface area contributed by atoms with Crippen molar-refractivity contribution >= 4 is 6.09 Å². The molecule has 0 aromatic heterocycles. The molecule has 1 aliphatic heterocycles. The Labute approximate surface area is 114 Å². The summed E-state index contributed by atoms with van der Waals surface area (Å²) in [5.74, 6) is 0.300. The number of nitrogens with zero attached hydrogens (tertiary/aromatic N) is 1. The molecule has 104 valence electrons. The molecule has 1 amide bonds. The quantitative estimate of drug-likeness (QED) is 0.888. The summed E-state index contributed by atoms with van der Waals surface area (Å²) < 4.78 is 4.79. The van der Waals surface area contributed by atoms with Crippen molar-refractivity contribution in [2.45, 2.75) is 31.7 Å². The standard InChI is InChI=1S/C15H22N2O2/c1-3-11-4-6-12(7-5-11)13-8-14(16)10-17(9-13)15(18)19-2/h4-7,13-14H,3,8-10,16H2,1-2H3. The maximum absolute atomic E-state index is 11.6. The lowest BCUT2D eigenvalue weighted by molar-refractivity contribution is 0.106. The van der Waals surface area contributed by atoms with Crippen LogP contribution in [0.25, 0.3) is 0 Å². The number of hydrogen-bond acceptors (Lipinski definition) is 3. The maximum atomic E-state index is 11.6. The molecular weight excluding hydrogens is 240 g/mol. The smallest absolute Gasteiger partial charge is 0.409 e. The Hall–Kier alpha value is -1.55. The van der Waals surface area contributed by atoms with Crippen LogP contribution in [0.5, 0.6) is 0 Å². The summed E-state index contributed by atoms with van der Waals surface area (Å²) in [6, 6.07) is 8.62. The van der Waals surface area contributed by atoms with Crippen molar-refractivity contribution in [1.82, 2.24) is 4.90 Å². The fourth-order valence-electron chi connectivity index (χ4n) is 2.68. The molecule has 0 bridgehead atoms. The Morgan fingerprint density at radius 2 is 2.05 bits per heavy atom. The highest BCUT2D eigenvalue weighted by molar-refractivity contribution is 5.67. The minimum atomic E-state index is -0.287. The molecule has 2 atom stereocenters. The van der Waals surface area contributed by atoms with E-state index in [1.165, 1.54) is 18.2 Å². The van der Waals surface area contributed by atoms with Gasteiger partial charge < -0.3 is 15.4 Å². The van der Waals surface area contributed by atoms with Gasteiger partial charge in [0.05, 0.1) is 7.11 Å². The number of piperidine rings is 1. The fraction of sp³-hybridized carbons (Fsp3) is 0.533. The van der Waals surface area contributed by atoms with Gasteiger partial charge in [-0.2, -0.15) is 0 Å². The molecule has 0 spiro atoms. The monoisotopic (exact) mass is 262 g/mol. The van der Waals surface area contributed by atoms with Gasteiger partial charge in [0.25, 0.3) is 0 Å². The second-order valence-electron chi connectivity index (χ2n) is 5.16. The van der Waals surface area contributed by atoms with Crippen LogP contribution in [0.2, 0.25) is 0 Å². The zero-order chi connectivity index (χ0) is 13.8. The van der Waals surface area contributed by atoms with Crippen molar-refractivity contribution < 1.29 is 9.53 Å². The van der Waals surface area contributed by atoms with Crippen LogP contribution in [0, 0.1) is 0 Å². The molecule has 4 heteroatoms. The van der Waals surface area contributed by atoms with E-state index in [1.807, 2.05) is 0 Å². The molecule has 0 radical (unpaired) electrons. The second-order valence-corrected chi connectivity index (χ2v) is 5.16. The SMILES string of the molecule is CCc1ccc(C2CC(N)CN(C(=O)OC)C2)cc1. The highest BCUT2D eigenvalue weighted by Gasteiger charge is 2.29. The number of ether oxygens (including phenoxy) is 1. The largest absolute Gasteiger partial charge is 0.453 e. The van der Waals surface area contributed by atoms with E-state index >= 15 is 0 Å². The van der Waals surface area contributed by atoms with Crippen molar-refractivity contribution in [2.24, 2.45) is 5.73 Å². The molecule has 2 rings (SSSR count). The average molecular weight is 262 g/mol. The van der Waals surface area contributed by atoms with Gasteiger partial charge in [0, 0.05) is 25.0 Å². The Morgan fingerprint density at radius 3 is 2.63 bits per heavy atom. The van der Waals surface area contributed by atoms with E-state index in [0.717, 1.165) is 12.8 Å². The number of aryl methyl sites for hydroxylation is 1. The van der Waals surface area contributed by atoms with Crippen LogP contribution in [0.15, 0.2) is 24.3 Å². The third-order valence-corrected chi connectivity index (χ3v) is 3.78. The lowest BCUT2D eigenvalue weighted by atomic mass is 9.88. The number of methoxy groups -OCH3 is 1. The van der Waals surface area contributed by atoms with E-state index in [0.29, 0.717) is 19.0 Å².